The molecule has 12 rings (SSSR count). The molecular weight excluding hydrogens is 1030 g/mol. The molecule has 4 atom stereocenters. The van der Waals surface area contributed by atoms with Gasteiger partial charge in [0.05, 0.1) is 23.1 Å². The zero-order valence-electron chi connectivity index (χ0n) is 42.4. The molecule has 7 aromatic rings. The van der Waals surface area contributed by atoms with E-state index in [1.807, 2.05) is 72.3 Å². The molecule has 21 heteroatoms. The minimum Gasteiger partial charge on any atom is -0.397 e. The molecule has 2 unspecified atom stereocenters. The number of rotatable bonds is 15. The van der Waals surface area contributed by atoms with Gasteiger partial charge in [-0.2, -0.15) is 15.2 Å². The number of nitrogens with zero attached hydrogens (tertiary/aromatic N) is 8. The van der Waals surface area contributed by atoms with E-state index >= 15 is 0 Å². The average Bonchev–Trinajstić information content (AvgIpc) is 4.35. The number of benzene rings is 3. The first-order chi connectivity index (χ1) is 37.6. The zero-order valence-corrected chi connectivity index (χ0v) is 44.9. The molecule has 3 fully saturated rings. The van der Waals surface area contributed by atoms with E-state index in [4.69, 9.17) is 15.7 Å². The minimum absolute atomic E-state index is 0.00816. The molecule has 0 radical (unpaired) electrons. The quantitative estimate of drug-likeness (QED) is 0.0560. The van der Waals surface area contributed by atoms with E-state index in [0.717, 1.165) is 62.0 Å². The third kappa shape index (κ3) is 10.8. The van der Waals surface area contributed by atoms with Crippen molar-refractivity contribution in [2.45, 2.75) is 76.0 Å². The molecule has 4 aromatic heterocycles. The van der Waals surface area contributed by atoms with E-state index < -0.39 is 5.91 Å². The summed E-state index contributed by atoms with van der Waals surface area (Å²) in [5.74, 6) is -0.919. The molecule has 77 heavy (non-hydrogen) atoms. The predicted molar refractivity (Wildman–Crippen MR) is 305 cm³/mol. The van der Waals surface area contributed by atoms with Gasteiger partial charge in [-0.05, 0) is 112 Å². The Morgan fingerprint density at radius 2 is 1.69 bits per heavy atom. The summed E-state index contributed by atoms with van der Waals surface area (Å²) >= 11 is 3.95. The number of nitrogen functional groups attached to an aromatic ring is 1. The largest absolute Gasteiger partial charge is 0.397 e. The van der Waals surface area contributed by atoms with Crippen molar-refractivity contribution in [1.82, 2.24) is 41.1 Å². The monoisotopic (exact) mass is 1090 g/mol. The van der Waals surface area contributed by atoms with E-state index in [1.54, 1.807) is 18.3 Å². The van der Waals surface area contributed by atoms with Crippen molar-refractivity contribution in [3.8, 4) is 11.3 Å². The number of aryl methyl sites for hydroxylation is 1. The Kier molecular flexibility index (Phi) is 14.3. The smallest absolute Gasteiger partial charge is 0.303 e. The Balaban J connectivity index is 0.585. The second kappa shape index (κ2) is 21.9. The number of piperazine rings is 1. The van der Waals surface area contributed by atoms with E-state index in [0.29, 0.717) is 86.3 Å². The Labute approximate surface area is 457 Å². The Morgan fingerprint density at radius 1 is 0.883 bits per heavy atom. The summed E-state index contributed by atoms with van der Waals surface area (Å²) in [7, 11) is 0. The highest BCUT2D eigenvalue weighted by Crippen LogP contribution is 2.36. The maximum absolute atomic E-state index is 13.7. The van der Waals surface area contributed by atoms with Gasteiger partial charge in [-0.1, -0.05) is 48.5 Å². The highest BCUT2D eigenvalue weighted by atomic mass is 32.1. The first-order valence-electron chi connectivity index (χ1n) is 26.3. The number of fused-ring (bicyclic) bond motifs is 4. The number of piperidine rings is 1. The average molecular weight is 1090 g/mol. The SMILES string of the molecule is CC(NC(=O)C1CCN(CCNC(=O)c2ccc(-c3csc(N4N=C(c5ccccc5)/C(=N\Nc5nccs5)C4=O)n3)cc2)CC1)c1ccc2c(N)c(C(=O)NC3CCc4cc(N5C[C@H]6CC[C@@H](C5)N6)ccc4C3)sc2n1. The number of thiazole rings is 2. The maximum Gasteiger partial charge on any atom is 0.303 e. The summed E-state index contributed by atoms with van der Waals surface area (Å²) < 4.78 is 0. The number of carbonyl (C=O) groups excluding carboxylic acids is 4. The Morgan fingerprint density at radius 3 is 2.47 bits per heavy atom. The number of carbonyl (C=O) groups is 4. The van der Waals surface area contributed by atoms with Crippen molar-refractivity contribution < 1.29 is 19.2 Å². The summed E-state index contributed by atoms with van der Waals surface area (Å²) in [4.78, 5) is 73.9. The lowest BCUT2D eigenvalue weighted by Crippen LogP contribution is -2.51. The van der Waals surface area contributed by atoms with Gasteiger partial charge in [0, 0.05) is 94.9 Å². The lowest BCUT2D eigenvalue weighted by Gasteiger charge is -2.35. The van der Waals surface area contributed by atoms with Gasteiger partial charge in [-0.25, -0.2) is 15.0 Å². The van der Waals surface area contributed by atoms with E-state index in [-0.39, 0.29) is 41.4 Å². The van der Waals surface area contributed by atoms with Crippen LogP contribution in [0.4, 0.5) is 21.6 Å². The highest BCUT2D eigenvalue weighted by Gasteiger charge is 2.37. The number of likely N-dealkylation sites (tertiary alicyclic amines) is 1. The molecule has 3 saturated heterocycles. The zero-order chi connectivity index (χ0) is 52.6. The number of nitrogens with one attached hydrogen (secondary N) is 5. The van der Waals surface area contributed by atoms with Crippen LogP contribution in [0.25, 0.3) is 21.5 Å². The Bertz CT molecular complexity index is 3400. The number of nitrogens with two attached hydrogens (primary N) is 1. The number of hydrogen-bond acceptors (Lipinski definition) is 17. The predicted octanol–water partition coefficient (Wildman–Crippen LogP) is 7.22. The molecular formula is C56H58N14O4S3. The fraction of sp³-hybridized carbons (Fsp3) is 0.339. The first kappa shape index (κ1) is 50.4. The van der Waals surface area contributed by atoms with Crippen molar-refractivity contribution in [1.29, 1.82) is 0 Å². The molecule has 394 valence electrons. The van der Waals surface area contributed by atoms with Crippen LogP contribution >= 0.6 is 34.0 Å². The van der Waals surface area contributed by atoms with Crippen LogP contribution in [0.1, 0.15) is 87.5 Å². The van der Waals surface area contributed by atoms with Crippen molar-refractivity contribution in [3.05, 3.63) is 135 Å². The summed E-state index contributed by atoms with van der Waals surface area (Å²) in [6.07, 6.45) is 8.17. The summed E-state index contributed by atoms with van der Waals surface area (Å²) in [6, 6.07) is 28.1. The second-order valence-electron chi connectivity index (χ2n) is 20.4. The third-order valence-corrected chi connectivity index (χ3v) is 17.9. The van der Waals surface area contributed by atoms with Gasteiger partial charge >= 0.3 is 5.91 Å². The number of amides is 4. The number of thiophene rings is 1. The fourth-order valence-electron chi connectivity index (χ4n) is 11.1. The number of hydrogen-bond donors (Lipinski definition) is 6. The number of pyridine rings is 1. The minimum atomic E-state index is -0.416. The normalized spacial score (nSPS) is 20.5. The van der Waals surface area contributed by atoms with Gasteiger partial charge in [0.1, 0.15) is 15.4 Å². The lowest BCUT2D eigenvalue weighted by atomic mass is 9.87. The van der Waals surface area contributed by atoms with Gasteiger partial charge < -0.3 is 36.8 Å². The highest BCUT2D eigenvalue weighted by molar-refractivity contribution is 7.21. The molecule has 0 saturated carbocycles. The van der Waals surface area contributed by atoms with Crippen LogP contribution < -0.4 is 42.3 Å². The van der Waals surface area contributed by atoms with Crippen LogP contribution in [0.2, 0.25) is 0 Å². The van der Waals surface area contributed by atoms with Crippen LogP contribution in [0, 0.1) is 5.92 Å². The van der Waals surface area contributed by atoms with Crippen LogP contribution in [-0.4, -0.2) is 112 Å². The van der Waals surface area contributed by atoms with Gasteiger partial charge in [-0.15, -0.1) is 34.0 Å². The van der Waals surface area contributed by atoms with Crippen molar-refractivity contribution >= 4 is 101 Å². The van der Waals surface area contributed by atoms with Gasteiger partial charge in [-0.3, -0.25) is 24.6 Å². The number of aromatic nitrogens is 3. The molecule has 8 heterocycles. The summed E-state index contributed by atoms with van der Waals surface area (Å²) in [6.45, 7) is 6.66. The van der Waals surface area contributed by atoms with E-state index in [2.05, 4.69) is 69.9 Å². The second-order valence-corrected chi connectivity index (χ2v) is 23.1. The molecule has 5 aliphatic rings. The van der Waals surface area contributed by atoms with E-state index in [1.165, 1.54) is 68.7 Å². The number of hydrazone groups is 2. The molecule has 1 aliphatic carbocycles. The van der Waals surface area contributed by atoms with Crippen molar-refractivity contribution in [2.24, 2.45) is 16.1 Å². The fourth-order valence-corrected chi connectivity index (χ4v) is 13.3. The molecule has 2 bridgehead atoms. The van der Waals surface area contributed by atoms with Crippen molar-refractivity contribution in [2.75, 3.05) is 60.3 Å². The molecule has 4 aliphatic heterocycles. The van der Waals surface area contributed by atoms with Gasteiger partial charge in [0.15, 0.2) is 5.71 Å². The van der Waals surface area contributed by atoms with Gasteiger partial charge in [0.2, 0.25) is 16.2 Å². The van der Waals surface area contributed by atoms with Crippen LogP contribution in [0.5, 0.6) is 0 Å². The molecule has 0 spiro atoms. The molecule has 18 nitrogen and oxygen atoms in total. The Hall–Kier alpha value is -7.43. The van der Waals surface area contributed by atoms with Crippen LogP contribution in [0.3, 0.4) is 0 Å². The standard InChI is InChI=1S/C56H58N14O4S3/c1-32(44-18-17-43-46(57)49(77-53(43)63-44)52(73)62-39-13-11-38-28-42(16-12-37(38)27-39)69-29-40-14-15-41(30-69)61-40)60-51(72)36-19-23-68(24-20-36)25-21-58-50(71)35-9-7-33(8-10-35)45-31-76-56(64-45)70-54(74)48(65-66-55-59-22-26-75-55)47(67-70)34-5-3-2-4-6-34/h2-10,12,16-18,22,26,28,31-32,36,39-41,61H,11,13-15,19-21,23-25,27,29-30,57H2,1H3,(H,58,71)(H,59,66)(H,60,72)(H,62,73)/b65-48+/t32?,39?,40-,41+. The van der Waals surface area contributed by atoms with E-state index in [9.17, 15) is 19.2 Å². The van der Waals surface area contributed by atoms with Crippen LogP contribution in [-0.2, 0) is 22.4 Å². The summed E-state index contributed by atoms with van der Waals surface area (Å²) in [5.41, 5.74) is 17.8. The summed E-state index contributed by atoms with van der Waals surface area (Å²) in [5, 5.41) is 28.9. The number of anilines is 4. The topological polar surface area (TPSA) is 228 Å². The molecule has 7 N–H and O–H groups in total. The molecule has 3 aromatic carbocycles. The first-order valence-corrected chi connectivity index (χ1v) is 28.9. The third-order valence-electron chi connectivity index (χ3n) is 15.3. The lowest BCUT2D eigenvalue weighted by molar-refractivity contribution is -0.127. The van der Waals surface area contributed by atoms with Gasteiger partial charge in [0.25, 0.3) is 11.8 Å². The van der Waals surface area contributed by atoms with Crippen LogP contribution in [0.15, 0.2) is 112 Å². The maximum atomic E-state index is 13.7. The van der Waals surface area contributed by atoms with Crippen molar-refractivity contribution in [3.63, 3.8) is 0 Å². The molecule has 4 amide bonds.